The first-order valence-corrected chi connectivity index (χ1v) is 7.09. The van der Waals surface area contributed by atoms with Gasteiger partial charge in [-0.1, -0.05) is 0 Å². The lowest BCUT2D eigenvalue weighted by Crippen LogP contribution is -2.07. The molecule has 0 aliphatic rings. The third-order valence-corrected chi connectivity index (χ3v) is 3.62. The largest absolute Gasteiger partial charge is 0.463 e. The van der Waals surface area contributed by atoms with Crippen LogP contribution in [-0.4, -0.2) is 18.4 Å². The van der Waals surface area contributed by atoms with Crippen molar-refractivity contribution >= 4 is 49.3 Å². The predicted molar refractivity (Wildman–Crippen MR) is 81.0 cm³/mol. The molecule has 0 amide bonds. The summed E-state index contributed by atoms with van der Waals surface area (Å²) in [7, 11) is 0. The minimum Gasteiger partial charge on any atom is -0.463 e. The summed E-state index contributed by atoms with van der Waals surface area (Å²) < 4.78 is 6.04. The van der Waals surface area contributed by atoms with Crippen LogP contribution in [0.1, 0.15) is 24.2 Å². The molecule has 1 aromatic carbocycles. The maximum Gasteiger partial charge on any atom is 0.333 e. The van der Waals surface area contributed by atoms with Crippen LogP contribution in [0.15, 0.2) is 32.7 Å². The molecule has 1 rings (SSSR count). The second kappa shape index (κ2) is 6.86. The Morgan fingerprint density at radius 3 is 2.32 bits per heavy atom. The zero-order chi connectivity index (χ0) is 14.6. The molecular weight excluding hydrogens is 378 g/mol. The molecule has 0 unspecified atom stereocenters. The number of benzene rings is 1. The van der Waals surface area contributed by atoms with E-state index in [1.165, 1.54) is 13.0 Å². The van der Waals surface area contributed by atoms with Gasteiger partial charge in [-0.15, -0.1) is 0 Å². The normalized spacial score (nSPS) is 11.3. The van der Waals surface area contributed by atoms with Crippen molar-refractivity contribution in [2.45, 2.75) is 13.8 Å². The average molecular weight is 391 g/mol. The van der Waals surface area contributed by atoms with Crippen molar-refractivity contribution in [3.05, 3.63) is 38.3 Å². The van der Waals surface area contributed by atoms with Crippen molar-refractivity contribution in [1.82, 2.24) is 0 Å². The van der Waals surface area contributed by atoms with Crippen LogP contribution in [0.4, 0.5) is 5.69 Å². The minimum absolute atomic E-state index is 0.260. The maximum absolute atomic E-state index is 12.0. The molecule has 6 heteroatoms. The first-order chi connectivity index (χ1) is 8.86. The number of nitrogens with two attached hydrogens (primary N) is 1. The summed E-state index contributed by atoms with van der Waals surface area (Å²) >= 11 is 6.53. The van der Waals surface area contributed by atoms with Gasteiger partial charge in [0, 0.05) is 20.1 Å². The molecule has 1 aromatic rings. The SMILES string of the molecule is CCOC(=O)C(C)=CC(=O)c1cc(Br)c(N)c(Br)c1. The lowest BCUT2D eigenvalue weighted by molar-refractivity contribution is -0.138. The fraction of sp³-hybridized carbons (Fsp3) is 0.231. The summed E-state index contributed by atoms with van der Waals surface area (Å²) in [6.45, 7) is 3.52. The lowest BCUT2D eigenvalue weighted by atomic mass is 10.1. The molecule has 0 radical (unpaired) electrons. The predicted octanol–water partition coefficient (Wildman–Crippen LogP) is 3.49. The standard InChI is InChI=1S/C13H13Br2NO3/c1-3-19-13(18)7(2)4-11(17)8-5-9(14)12(16)10(15)6-8/h4-6H,3,16H2,1-2H3. The van der Waals surface area contributed by atoms with Crippen LogP contribution in [0.5, 0.6) is 0 Å². The van der Waals surface area contributed by atoms with Crippen molar-refractivity contribution in [2.75, 3.05) is 12.3 Å². The summed E-state index contributed by atoms with van der Waals surface area (Å²) in [5.74, 6) is -0.781. The molecule has 19 heavy (non-hydrogen) atoms. The van der Waals surface area contributed by atoms with E-state index in [-0.39, 0.29) is 18.0 Å². The number of halogens is 2. The maximum atomic E-state index is 12.0. The molecule has 0 spiro atoms. The Hall–Kier alpha value is -1.14. The fourth-order valence-electron chi connectivity index (χ4n) is 1.31. The number of anilines is 1. The first kappa shape index (κ1) is 15.9. The van der Waals surface area contributed by atoms with E-state index >= 15 is 0 Å². The Morgan fingerprint density at radius 2 is 1.84 bits per heavy atom. The molecule has 0 aromatic heterocycles. The second-order valence-electron chi connectivity index (χ2n) is 3.77. The zero-order valence-corrected chi connectivity index (χ0v) is 13.7. The van der Waals surface area contributed by atoms with Crippen LogP contribution < -0.4 is 5.73 Å². The number of carbonyl (C=O) groups excluding carboxylic acids is 2. The molecule has 0 aliphatic heterocycles. The van der Waals surface area contributed by atoms with Gasteiger partial charge in [0.15, 0.2) is 5.78 Å². The molecule has 0 atom stereocenters. The number of allylic oxidation sites excluding steroid dienone is 1. The van der Waals surface area contributed by atoms with Crippen molar-refractivity contribution in [3.63, 3.8) is 0 Å². The highest BCUT2D eigenvalue weighted by Gasteiger charge is 2.12. The van der Waals surface area contributed by atoms with Gasteiger partial charge in [-0.2, -0.15) is 0 Å². The molecule has 0 fully saturated rings. The number of rotatable bonds is 4. The molecule has 0 bridgehead atoms. The second-order valence-corrected chi connectivity index (χ2v) is 5.47. The van der Waals surface area contributed by atoms with Crippen LogP contribution in [0.25, 0.3) is 0 Å². The number of ketones is 1. The van der Waals surface area contributed by atoms with Crippen LogP contribution in [-0.2, 0) is 9.53 Å². The quantitative estimate of drug-likeness (QED) is 0.369. The van der Waals surface area contributed by atoms with Crippen LogP contribution >= 0.6 is 31.9 Å². The molecule has 0 saturated carbocycles. The highest BCUT2D eigenvalue weighted by atomic mass is 79.9. The highest BCUT2D eigenvalue weighted by molar-refractivity contribution is 9.11. The molecule has 0 saturated heterocycles. The third kappa shape index (κ3) is 4.18. The Bertz CT molecular complexity index is 530. The molecule has 2 N–H and O–H groups in total. The van der Waals surface area contributed by atoms with E-state index in [0.29, 0.717) is 20.2 Å². The van der Waals surface area contributed by atoms with Gasteiger partial charge in [0.2, 0.25) is 0 Å². The average Bonchev–Trinajstić information content (AvgIpc) is 2.35. The van der Waals surface area contributed by atoms with Gasteiger partial charge in [-0.25, -0.2) is 4.79 Å². The van der Waals surface area contributed by atoms with Gasteiger partial charge in [-0.05, 0) is 63.9 Å². The van der Waals surface area contributed by atoms with Crippen molar-refractivity contribution in [2.24, 2.45) is 0 Å². The summed E-state index contributed by atoms with van der Waals surface area (Å²) in [5.41, 5.74) is 6.95. The highest BCUT2D eigenvalue weighted by Crippen LogP contribution is 2.29. The van der Waals surface area contributed by atoms with Crippen LogP contribution in [0.3, 0.4) is 0 Å². The Kier molecular flexibility index (Phi) is 5.75. The zero-order valence-electron chi connectivity index (χ0n) is 10.5. The lowest BCUT2D eigenvalue weighted by Gasteiger charge is -2.05. The number of esters is 1. The third-order valence-electron chi connectivity index (χ3n) is 2.31. The number of ether oxygens (including phenoxy) is 1. The molecular formula is C13H13Br2NO3. The summed E-state index contributed by atoms with van der Waals surface area (Å²) in [6, 6.07) is 3.22. The summed E-state index contributed by atoms with van der Waals surface area (Å²) in [6.07, 6.45) is 1.25. The van der Waals surface area contributed by atoms with Gasteiger partial charge in [-0.3, -0.25) is 4.79 Å². The first-order valence-electron chi connectivity index (χ1n) is 5.51. The van der Waals surface area contributed by atoms with E-state index in [9.17, 15) is 9.59 Å². The number of nitrogen functional groups attached to an aromatic ring is 1. The van der Waals surface area contributed by atoms with E-state index in [0.717, 1.165) is 0 Å². The summed E-state index contributed by atoms with van der Waals surface area (Å²) in [5, 5.41) is 0. The summed E-state index contributed by atoms with van der Waals surface area (Å²) in [4.78, 5) is 23.4. The van der Waals surface area contributed by atoms with Crippen molar-refractivity contribution in [1.29, 1.82) is 0 Å². The van der Waals surface area contributed by atoms with Gasteiger partial charge in [0.05, 0.1) is 12.3 Å². The number of carbonyl (C=O) groups is 2. The van der Waals surface area contributed by atoms with E-state index in [4.69, 9.17) is 10.5 Å². The Morgan fingerprint density at radius 1 is 1.32 bits per heavy atom. The topological polar surface area (TPSA) is 69.4 Å². The van der Waals surface area contributed by atoms with Gasteiger partial charge in [0.25, 0.3) is 0 Å². The minimum atomic E-state index is -0.496. The smallest absolute Gasteiger partial charge is 0.333 e. The van der Waals surface area contributed by atoms with Crippen LogP contribution in [0.2, 0.25) is 0 Å². The van der Waals surface area contributed by atoms with Gasteiger partial charge < -0.3 is 10.5 Å². The van der Waals surface area contributed by atoms with Crippen LogP contribution in [0, 0.1) is 0 Å². The monoisotopic (exact) mass is 389 g/mol. The Labute approximate surface area is 128 Å². The van der Waals surface area contributed by atoms with Gasteiger partial charge in [0.1, 0.15) is 0 Å². The fourth-order valence-corrected chi connectivity index (χ4v) is 2.50. The van der Waals surface area contributed by atoms with E-state index in [1.807, 2.05) is 0 Å². The van der Waals surface area contributed by atoms with E-state index < -0.39 is 5.97 Å². The van der Waals surface area contributed by atoms with E-state index in [2.05, 4.69) is 31.9 Å². The van der Waals surface area contributed by atoms with E-state index in [1.54, 1.807) is 19.1 Å². The Balaban J connectivity index is 3.02. The van der Waals surface area contributed by atoms with Crippen molar-refractivity contribution in [3.8, 4) is 0 Å². The molecule has 4 nitrogen and oxygen atoms in total. The number of hydrogen-bond acceptors (Lipinski definition) is 4. The van der Waals surface area contributed by atoms with Gasteiger partial charge >= 0.3 is 5.97 Å². The molecule has 0 heterocycles. The molecule has 102 valence electrons. The number of hydrogen-bond donors (Lipinski definition) is 1. The molecule has 0 aliphatic carbocycles. The van der Waals surface area contributed by atoms with Crippen molar-refractivity contribution < 1.29 is 14.3 Å².